The molecule has 0 aliphatic heterocycles. The van der Waals surface area contributed by atoms with E-state index in [0.717, 1.165) is 35.5 Å². The first kappa shape index (κ1) is 24.3. The smallest absolute Gasteiger partial charge is 0.277 e. The quantitative estimate of drug-likeness (QED) is 0.371. The highest BCUT2D eigenvalue weighted by molar-refractivity contribution is 5.76. The maximum Gasteiger partial charge on any atom is 0.277 e. The number of hydrogen-bond donors (Lipinski definition) is 1. The van der Waals surface area contributed by atoms with E-state index in [1.54, 1.807) is 13.4 Å². The second-order valence-electron chi connectivity index (χ2n) is 8.70. The number of furan rings is 1. The Bertz CT molecular complexity index is 1370. The largest absolute Gasteiger partial charge is 0.496 e. The average Bonchev–Trinajstić information content (AvgIpc) is 3.53. The molecule has 4 aromatic rings. The number of carbonyl (C=O) groups is 1. The number of rotatable bonds is 10. The Morgan fingerprint density at radius 1 is 1.20 bits per heavy atom. The number of aromatic nitrogens is 3. The van der Waals surface area contributed by atoms with Gasteiger partial charge in [-0.2, -0.15) is 9.61 Å². The molecule has 184 valence electrons. The molecule has 1 atom stereocenters. The first-order valence-corrected chi connectivity index (χ1v) is 12.0. The second-order valence-corrected chi connectivity index (χ2v) is 8.70. The van der Waals surface area contributed by atoms with Crippen LogP contribution in [0.4, 0.5) is 0 Å². The predicted molar refractivity (Wildman–Crippen MR) is 135 cm³/mol. The first-order valence-electron chi connectivity index (χ1n) is 12.0. The molecule has 0 unspecified atom stereocenters. The van der Waals surface area contributed by atoms with E-state index in [1.807, 2.05) is 63.2 Å². The first-order chi connectivity index (χ1) is 16.9. The number of nitrogens with one attached hydrogen (secondary N) is 1. The van der Waals surface area contributed by atoms with Gasteiger partial charge in [-0.25, -0.2) is 0 Å². The van der Waals surface area contributed by atoms with Gasteiger partial charge in [0.1, 0.15) is 17.2 Å². The Balaban J connectivity index is 1.54. The van der Waals surface area contributed by atoms with Crippen LogP contribution in [0.5, 0.6) is 5.75 Å². The molecular weight excluding hydrogens is 444 g/mol. The molecule has 0 saturated heterocycles. The maximum atomic E-state index is 13.4. The number of benzene rings is 1. The minimum Gasteiger partial charge on any atom is -0.496 e. The van der Waals surface area contributed by atoms with E-state index in [1.165, 1.54) is 4.52 Å². The number of fused-ring (bicyclic) bond motifs is 1. The fourth-order valence-electron chi connectivity index (χ4n) is 4.48. The molecule has 0 spiro atoms. The highest BCUT2D eigenvalue weighted by atomic mass is 16.5. The molecule has 0 aliphatic carbocycles. The lowest BCUT2D eigenvalue weighted by Gasteiger charge is -2.16. The summed E-state index contributed by atoms with van der Waals surface area (Å²) in [4.78, 5) is 26.0. The van der Waals surface area contributed by atoms with Crippen LogP contribution in [0, 0.1) is 6.92 Å². The van der Waals surface area contributed by atoms with Crippen LogP contribution in [0.25, 0.3) is 16.9 Å². The average molecular weight is 477 g/mol. The Kier molecular flexibility index (Phi) is 7.39. The third-order valence-corrected chi connectivity index (χ3v) is 6.37. The van der Waals surface area contributed by atoms with Crippen molar-refractivity contribution in [2.24, 2.45) is 0 Å². The minimum atomic E-state index is -0.193. The number of aryl methyl sites for hydroxylation is 2. The van der Waals surface area contributed by atoms with Gasteiger partial charge in [0.2, 0.25) is 5.91 Å². The van der Waals surface area contributed by atoms with Crippen molar-refractivity contribution in [1.29, 1.82) is 0 Å². The maximum absolute atomic E-state index is 13.4. The van der Waals surface area contributed by atoms with Gasteiger partial charge in [0.15, 0.2) is 0 Å². The summed E-state index contributed by atoms with van der Waals surface area (Å²) in [5.74, 6) is 1.53. The zero-order valence-corrected chi connectivity index (χ0v) is 20.7. The highest BCUT2D eigenvalue weighted by Gasteiger charge is 2.19. The van der Waals surface area contributed by atoms with Gasteiger partial charge in [-0.1, -0.05) is 12.1 Å². The Morgan fingerprint density at radius 2 is 2.00 bits per heavy atom. The molecular formula is C27H32N4O4. The Labute approximate surface area is 204 Å². The summed E-state index contributed by atoms with van der Waals surface area (Å²) in [6, 6.07) is 13.3. The molecule has 3 aromatic heterocycles. The number of nitrogens with zero attached hydrogens (tertiary/aromatic N) is 3. The van der Waals surface area contributed by atoms with Crippen LogP contribution >= 0.6 is 0 Å². The molecule has 1 aromatic carbocycles. The summed E-state index contributed by atoms with van der Waals surface area (Å²) in [6.45, 7) is 6.62. The predicted octanol–water partition coefficient (Wildman–Crippen LogP) is 4.16. The zero-order valence-electron chi connectivity index (χ0n) is 20.7. The van der Waals surface area contributed by atoms with Crippen molar-refractivity contribution in [3.63, 3.8) is 0 Å². The van der Waals surface area contributed by atoms with Crippen molar-refractivity contribution >= 4 is 11.6 Å². The SMILES string of the molecule is CCn1c(C)c(CCC(=O)N[C@H](C)CCc2ccco2)c(=O)n2nc(-c3ccccc3OC)cc12. The van der Waals surface area contributed by atoms with Crippen molar-refractivity contribution in [3.05, 3.63) is 76.1 Å². The number of methoxy groups -OCH3 is 1. The summed E-state index contributed by atoms with van der Waals surface area (Å²) in [5.41, 5.74) is 3.48. The molecule has 1 amide bonds. The molecule has 8 nitrogen and oxygen atoms in total. The molecule has 0 fully saturated rings. The molecule has 0 bridgehead atoms. The van der Waals surface area contributed by atoms with E-state index in [2.05, 4.69) is 15.0 Å². The number of ether oxygens (including phenoxy) is 1. The van der Waals surface area contributed by atoms with Gasteiger partial charge in [-0.3, -0.25) is 9.59 Å². The van der Waals surface area contributed by atoms with Crippen LogP contribution in [0.2, 0.25) is 0 Å². The number of amides is 1. The van der Waals surface area contributed by atoms with Gasteiger partial charge in [-0.15, -0.1) is 0 Å². The lowest BCUT2D eigenvalue weighted by Crippen LogP contribution is -2.34. The molecule has 0 aliphatic rings. The third-order valence-electron chi connectivity index (χ3n) is 6.37. The van der Waals surface area contributed by atoms with E-state index in [-0.39, 0.29) is 23.9 Å². The molecule has 3 heterocycles. The summed E-state index contributed by atoms with van der Waals surface area (Å²) < 4.78 is 14.3. The monoisotopic (exact) mass is 476 g/mol. The normalized spacial score (nSPS) is 12.1. The van der Waals surface area contributed by atoms with Gasteiger partial charge < -0.3 is 19.0 Å². The molecule has 0 radical (unpaired) electrons. The van der Waals surface area contributed by atoms with Crippen molar-refractivity contribution in [2.45, 2.75) is 59.0 Å². The second kappa shape index (κ2) is 10.6. The van der Waals surface area contributed by atoms with E-state index in [4.69, 9.17) is 9.15 Å². The third kappa shape index (κ3) is 5.16. The van der Waals surface area contributed by atoms with E-state index in [0.29, 0.717) is 30.0 Å². The summed E-state index contributed by atoms with van der Waals surface area (Å²) in [6.07, 6.45) is 3.78. The van der Waals surface area contributed by atoms with Gasteiger partial charge in [-0.05, 0) is 57.9 Å². The molecule has 35 heavy (non-hydrogen) atoms. The highest BCUT2D eigenvalue weighted by Crippen LogP contribution is 2.29. The summed E-state index contributed by atoms with van der Waals surface area (Å²) in [7, 11) is 1.62. The molecule has 8 heteroatoms. The van der Waals surface area contributed by atoms with Gasteiger partial charge in [0.25, 0.3) is 5.56 Å². The van der Waals surface area contributed by atoms with Crippen LogP contribution < -0.4 is 15.6 Å². The molecule has 1 N–H and O–H groups in total. The number of carbonyl (C=O) groups excluding carboxylic acids is 1. The topological polar surface area (TPSA) is 90.8 Å². The fraction of sp³-hybridized carbons (Fsp3) is 0.370. The van der Waals surface area contributed by atoms with Crippen molar-refractivity contribution in [2.75, 3.05) is 7.11 Å². The van der Waals surface area contributed by atoms with E-state index < -0.39 is 0 Å². The van der Waals surface area contributed by atoms with Crippen LogP contribution in [0.15, 0.2) is 57.9 Å². The fourth-order valence-corrected chi connectivity index (χ4v) is 4.48. The van der Waals surface area contributed by atoms with Crippen LogP contribution in [-0.2, 0) is 24.2 Å². The van der Waals surface area contributed by atoms with E-state index >= 15 is 0 Å². The van der Waals surface area contributed by atoms with Crippen LogP contribution in [-0.4, -0.2) is 33.2 Å². The van der Waals surface area contributed by atoms with Crippen molar-refractivity contribution in [3.8, 4) is 17.0 Å². The minimum absolute atomic E-state index is 0.0120. The van der Waals surface area contributed by atoms with Gasteiger partial charge in [0.05, 0.1) is 19.1 Å². The lowest BCUT2D eigenvalue weighted by molar-refractivity contribution is -0.121. The summed E-state index contributed by atoms with van der Waals surface area (Å²) in [5, 5.41) is 7.65. The van der Waals surface area contributed by atoms with Crippen LogP contribution in [0.3, 0.4) is 0 Å². The van der Waals surface area contributed by atoms with Gasteiger partial charge >= 0.3 is 0 Å². The Hall–Kier alpha value is -3.81. The molecule has 4 rings (SSSR count). The van der Waals surface area contributed by atoms with Gasteiger partial charge in [0, 0.05) is 48.3 Å². The van der Waals surface area contributed by atoms with Crippen molar-refractivity contribution in [1.82, 2.24) is 19.5 Å². The Morgan fingerprint density at radius 3 is 2.71 bits per heavy atom. The summed E-state index contributed by atoms with van der Waals surface area (Å²) >= 11 is 0. The molecule has 0 saturated carbocycles. The standard InChI is InChI=1S/C27H32N4O4/c1-5-30-19(3)21(14-15-25(32)28-18(2)12-13-20-9-8-16-35-20)27(33)31-26(30)17-23(29-31)22-10-6-7-11-24(22)34-4/h6-11,16-18H,5,12-15H2,1-4H3,(H,28,32)/t18-/m1/s1. The zero-order chi connectivity index (χ0) is 24.9. The lowest BCUT2D eigenvalue weighted by atomic mass is 10.1. The number of hydrogen-bond acceptors (Lipinski definition) is 5. The van der Waals surface area contributed by atoms with Crippen molar-refractivity contribution < 1.29 is 13.9 Å². The number of para-hydroxylation sites is 1. The van der Waals surface area contributed by atoms with E-state index in [9.17, 15) is 9.59 Å². The van der Waals surface area contributed by atoms with Crippen LogP contribution in [0.1, 0.15) is 43.7 Å².